The quantitative estimate of drug-likeness (QED) is 0.103. The number of nitrogens with one attached hydrogen (secondary N) is 2. The number of thiazole rings is 1. The standard InChI is InChI=1S/C28H29Cl2N5OS/c1-2-7-26(32-17-20-12-13-23(29)24(30)14-20)36-22-11-6-10-21(15-22)25-18-37-28(34-25)35-27(31)33-16-19-8-4-3-5-9-19/h3-6,8-15,18,26,32H,2,7,16-17H2,1H3,(H3,31,33,34,35). The van der Waals surface area contributed by atoms with Crippen molar-refractivity contribution in [2.75, 3.05) is 5.32 Å². The molecule has 0 aliphatic carbocycles. The Morgan fingerprint density at radius 2 is 1.86 bits per heavy atom. The van der Waals surface area contributed by atoms with E-state index in [0.29, 0.717) is 34.2 Å². The van der Waals surface area contributed by atoms with Crippen LogP contribution in [0.25, 0.3) is 11.3 Å². The number of guanidine groups is 1. The molecule has 37 heavy (non-hydrogen) atoms. The third-order valence-electron chi connectivity index (χ3n) is 5.49. The maximum Gasteiger partial charge on any atom is 0.195 e. The van der Waals surface area contributed by atoms with E-state index in [4.69, 9.17) is 33.7 Å². The number of anilines is 1. The van der Waals surface area contributed by atoms with Gasteiger partial charge in [0.1, 0.15) is 12.0 Å². The first kappa shape index (κ1) is 26.9. The van der Waals surface area contributed by atoms with Crippen molar-refractivity contribution in [1.29, 1.82) is 0 Å². The molecule has 1 heterocycles. The average Bonchev–Trinajstić information content (AvgIpc) is 3.37. The lowest BCUT2D eigenvalue weighted by Crippen LogP contribution is -2.33. The fourth-order valence-corrected chi connectivity index (χ4v) is 4.66. The van der Waals surface area contributed by atoms with Crippen LogP contribution in [0.4, 0.5) is 5.13 Å². The highest BCUT2D eigenvalue weighted by Crippen LogP contribution is 2.28. The molecule has 0 amide bonds. The van der Waals surface area contributed by atoms with Gasteiger partial charge in [-0.25, -0.2) is 9.98 Å². The van der Waals surface area contributed by atoms with Crippen LogP contribution in [0.1, 0.15) is 30.9 Å². The number of aromatic nitrogens is 1. The van der Waals surface area contributed by atoms with E-state index in [-0.39, 0.29) is 6.23 Å². The largest absolute Gasteiger partial charge is 0.475 e. The van der Waals surface area contributed by atoms with Crippen molar-refractivity contribution in [3.63, 3.8) is 0 Å². The van der Waals surface area contributed by atoms with E-state index in [9.17, 15) is 0 Å². The van der Waals surface area contributed by atoms with Crippen molar-refractivity contribution in [3.05, 3.63) is 99.3 Å². The number of hydrogen-bond acceptors (Lipinski definition) is 5. The molecule has 1 aromatic heterocycles. The molecule has 6 nitrogen and oxygen atoms in total. The highest BCUT2D eigenvalue weighted by Gasteiger charge is 2.12. The first-order valence-corrected chi connectivity index (χ1v) is 13.6. The second-order valence-corrected chi connectivity index (χ2v) is 10.1. The number of nitrogens with zero attached hydrogens (tertiary/aromatic N) is 2. The monoisotopic (exact) mass is 553 g/mol. The normalized spacial score (nSPS) is 12.4. The Kier molecular flexibility index (Phi) is 9.79. The van der Waals surface area contributed by atoms with Crippen LogP contribution in [-0.2, 0) is 13.1 Å². The molecule has 0 radical (unpaired) electrons. The van der Waals surface area contributed by atoms with Gasteiger partial charge < -0.3 is 15.8 Å². The van der Waals surface area contributed by atoms with Gasteiger partial charge in [0.15, 0.2) is 11.1 Å². The molecular weight excluding hydrogens is 525 g/mol. The minimum atomic E-state index is -0.150. The molecule has 1 atom stereocenters. The summed E-state index contributed by atoms with van der Waals surface area (Å²) in [7, 11) is 0. The van der Waals surface area contributed by atoms with Crippen molar-refractivity contribution < 1.29 is 4.74 Å². The van der Waals surface area contributed by atoms with E-state index >= 15 is 0 Å². The first-order valence-electron chi connectivity index (χ1n) is 12.0. The highest BCUT2D eigenvalue weighted by molar-refractivity contribution is 7.14. The van der Waals surface area contributed by atoms with E-state index in [0.717, 1.165) is 41.0 Å². The van der Waals surface area contributed by atoms with E-state index < -0.39 is 0 Å². The number of halogens is 2. The van der Waals surface area contributed by atoms with Gasteiger partial charge >= 0.3 is 0 Å². The lowest BCUT2D eigenvalue weighted by Gasteiger charge is -2.20. The van der Waals surface area contributed by atoms with Crippen LogP contribution in [0.3, 0.4) is 0 Å². The van der Waals surface area contributed by atoms with Gasteiger partial charge in [-0.2, -0.15) is 0 Å². The Morgan fingerprint density at radius 1 is 1.03 bits per heavy atom. The number of nitrogens with two attached hydrogens (primary N) is 1. The summed E-state index contributed by atoms with van der Waals surface area (Å²) in [6.45, 7) is 3.26. The van der Waals surface area contributed by atoms with Crippen LogP contribution in [0, 0.1) is 0 Å². The Balaban J connectivity index is 1.37. The Morgan fingerprint density at radius 3 is 2.65 bits per heavy atom. The van der Waals surface area contributed by atoms with Crippen molar-refractivity contribution >= 4 is 45.6 Å². The Hall–Kier alpha value is -3.10. The summed E-state index contributed by atoms with van der Waals surface area (Å²) in [4.78, 5) is 9.07. The summed E-state index contributed by atoms with van der Waals surface area (Å²) in [5.74, 6) is 1.10. The molecule has 0 fully saturated rings. The number of hydrogen-bond donors (Lipinski definition) is 3. The molecule has 192 valence electrons. The van der Waals surface area contributed by atoms with Gasteiger partial charge in [-0.1, -0.05) is 85.1 Å². The maximum atomic E-state index is 6.29. The van der Waals surface area contributed by atoms with Crippen LogP contribution in [-0.4, -0.2) is 17.2 Å². The summed E-state index contributed by atoms with van der Waals surface area (Å²) in [6, 6.07) is 23.5. The molecule has 0 saturated carbocycles. The summed E-state index contributed by atoms with van der Waals surface area (Å²) >= 11 is 13.7. The molecule has 0 spiro atoms. The third kappa shape index (κ3) is 8.20. The molecule has 3 aromatic carbocycles. The first-order chi connectivity index (χ1) is 18.0. The van der Waals surface area contributed by atoms with Gasteiger partial charge in [0.25, 0.3) is 0 Å². The molecule has 0 aliphatic heterocycles. The van der Waals surface area contributed by atoms with E-state index in [2.05, 4.69) is 27.5 Å². The lowest BCUT2D eigenvalue weighted by atomic mass is 10.1. The second kappa shape index (κ2) is 13.4. The smallest absolute Gasteiger partial charge is 0.195 e. The SMILES string of the molecule is CCCC(NCc1ccc(Cl)c(Cl)c1)Oc1cccc(-c2csc(NC(N)=NCc3ccccc3)n2)c1. The summed E-state index contributed by atoms with van der Waals surface area (Å²) in [5, 5.41) is 10.3. The second-order valence-electron chi connectivity index (χ2n) is 8.40. The van der Waals surface area contributed by atoms with Crippen molar-refractivity contribution in [1.82, 2.24) is 10.3 Å². The minimum absolute atomic E-state index is 0.150. The van der Waals surface area contributed by atoms with Gasteiger partial charge in [-0.05, 0) is 41.8 Å². The maximum absolute atomic E-state index is 6.29. The number of aliphatic imine (C=N–C) groups is 1. The molecule has 1 unspecified atom stereocenters. The van der Waals surface area contributed by atoms with E-state index in [1.807, 2.05) is 72.1 Å². The van der Waals surface area contributed by atoms with Crippen molar-refractivity contribution in [2.24, 2.45) is 10.7 Å². The van der Waals surface area contributed by atoms with Gasteiger partial charge in [0.05, 0.1) is 22.3 Å². The third-order valence-corrected chi connectivity index (χ3v) is 6.99. The lowest BCUT2D eigenvalue weighted by molar-refractivity contribution is 0.151. The van der Waals surface area contributed by atoms with Crippen LogP contribution in [0.5, 0.6) is 5.75 Å². The number of benzene rings is 3. The minimum Gasteiger partial charge on any atom is -0.475 e. The van der Waals surface area contributed by atoms with Crippen LogP contribution in [0.15, 0.2) is 83.2 Å². The summed E-state index contributed by atoms with van der Waals surface area (Å²) in [6.07, 6.45) is 1.69. The Bertz CT molecular complexity index is 1330. The Labute approximate surface area is 231 Å². The van der Waals surface area contributed by atoms with Gasteiger partial charge in [0.2, 0.25) is 0 Å². The van der Waals surface area contributed by atoms with Crippen molar-refractivity contribution in [3.8, 4) is 17.0 Å². The molecule has 0 aliphatic rings. The topological polar surface area (TPSA) is 84.6 Å². The zero-order valence-electron chi connectivity index (χ0n) is 20.5. The molecule has 4 rings (SSSR count). The zero-order valence-corrected chi connectivity index (χ0v) is 22.8. The van der Waals surface area contributed by atoms with Crippen LogP contribution in [0.2, 0.25) is 10.0 Å². The highest BCUT2D eigenvalue weighted by atomic mass is 35.5. The van der Waals surface area contributed by atoms with E-state index in [1.54, 1.807) is 6.07 Å². The number of rotatable bonds is 11. The summed E-state index contributed by atoms with van der Waals surface area (Å²) < 4.78 is 6.29. The number of ether oxygens (including phenoxy) is 1. The predicted molar refractivity (Wildman–Crippen MR) is 156 cm³/mol. The van der Waals surface area contributed by atoms with Crippen LogP contribution < -0.4 is 21.1 Å². The molecule has 4 aromatic rings. The predicted octanol–water partition coefficient (Wildman–Crippen LogP) is 7.34. The molecule has 9 heteroatoms. The van der Waals surface area contributed by atoms with E-state index in [1.165, 1.54) is 11.3 Å². The zero-order chi connectivity index (χ0) is 26.0. The molecular formula is C28H29Cl2N5OS. The van der Waals surface area contributed by atoms with Gasteiger partial charge in [-0.3, -0.25) is 5.32 Å². The average molecular weight is 555 g/mol. The molecule has 0 bridgehead atoms. The molecule has 4 N–H and O–H groups in total. The van der Waals surface area contributed by atoms with Crippen molar-refractivity contribution in [2.45, 2.75) is 39.1 Å². The fraction of sp³-hybridized carbons (Fsp3) is 0.214. The van der Waals surface area contributed by atoms with Gasteiger partial charge in [0, 0.05) is 17.5 Å². The van der Waals surface area contributed by atoms with Crippen LogP contribution >= 0.6 is 34.5 Å². The fourth-order valence-electron chi connectivity index (χ4n) is 3.61. The summed E-state index contributed by atoms with van der Waals surface area (Å²) in [5.41, 5.74) is 9.99. The molecule has 0 saturated heterocycles. The van der Waals surface area contributed by atoms with Gasteiger partial charge in [-0.15, -0.1) is 11.3 Å².